The molecule has 0 bridgehead atoms. The molecule has 0 radical (unpaired) electrons. The van der Waals surface area contributed by atoms with Gasteiger partial charge in [-0.1, -0.05) is 0 Å². The number of halogens is 2. The predicted molar refractivity (Wildman–Crippen MR) is 57.5 cm³/mol. The first-order valence-corrected chi connectivity index (χ1v) is 5.20. The van der Waals surface area contributed by atoms with Crippen LogP contribution in [-0.4, -0.2) is 4.98 Å². The van der Waals surface area contributed by atoms with Gasteiger partial charge in [0.25, 0.3) is 0 Å². The van der Waals surface area contributed by atoms with E-state index in [1.165, 1.54) is 5.56 Å². The maximum absolute atomic E-state index is 6.05. The molecule has 0 aliphatic rings. The summed E-state index contributed by atoms with van der Waals surface area (Å²) in [5, 5.41) is -0.0261. The van der Waals surface area contributed by atoms with E-state index in [2.05, 4.69) is 4.98 Å². The zero-order valence-corrected chi connectivity index (χ0v) is 9.58. The first kappa shape index (κ1) is 10.8. The van der Waals surface area contributed by atoms with E-state index < -0.39 is 0 Å². The SMILES string of the molecule is Cc1cc(C)c(C(C)Cl)c(CCl)n1. The smallest absolute Gasteiger partial charge is 0.0650 e. The Morgan fingerprint density at radius 1 is 1.46 bits per heavy atom. The molecule has 0 amide bonds. The number of aromatic nitrogens is 1. The van der Waals surface area contributed by atoms with Crippen LogP contribution in [0.3, 0.4) is 0 Å². The molecule has 0 aliphatic heterocycles. The van der Waals surface area contributed by atoms with Crippen molar-refractivity contribution in [1.29, 1.82) is 0 Å². The summed E-state index contributed by atoms with van der Waals surface area (Å²) < 4.78 is 0. The van der Waals surface area contributed by atoms with Crippen LogP contribution >= 0.6 is 23.2 Å². The fourth-order valence-electron chi connectivity index (χ4n) is 1.57. The van der Waals surface area contributed by atoms with Crippen molar-refractivity contribution in [2.45, 2.75) is 32.0 Å². The topological polar surface area (TPSA) is 12.9 Å². The van der Waals surface area contributed by atoms with E-state index >= 15 is 0 Å². The van der Waals surface area contributed by atoms with Crippen molar-refractivity contribution in [2.75, 3.05) is 0 Å². The molecule has 0 N–H and O–H groups in total. The number of alkyl halides is 2. The highest BCUT2D eigenvalue weighted by molar-refractivity contribution is 6.21. The highest BCUT2D eigenvalue weighted by atomic mass is 35.5. The van der Waals surface area contributed by atoms with E-state index in [9.17, 15) is 0 Å². The monoisotopic (exact) mass is 217 g/mol. The highest BCUT2D eigenvalue weighted by Crippen LogP contribution is 2.27. The Hall–Kier alpha value is -0.270. The molecule has 1 heterocycles. The lowest BCUT2D eigenvalue weighted by Crippen LogP contribution is -2.01. The van der Waals surface area contributed by atoms with Gasteiger partial charge in [0.15, 0.2) is 0 Å². The molecule has 0 fully saturated rings. The predicted octanol–water partition coefficient (Wildman–Crippen LogP) is 3.74. The summed E-state index contributed by atoms with van der Waals surface area (Å²) >= 11 is 11.8. The molecule has 3 heteroatoms. The third kappa shape index (κ3) is 2.35. The molecular weight excluding hydrogens is 205 g/mol. The number of pyridine rings is 1. The summed E-state index contributed by atoms with van der Waals surface area (Å²) in [4.78, 5) is 4.36. The van der Waals surface area contributed by atoms with Gasteiger partial charge in [-0.25, -0.2) is 0 Å². The second-order valence-corrected chi connectivity index (χ2v) is 4.11. The van der Waals surface area contributed by atoms with Crippen molar-refractivity contribution in [3.8, 4) is 0 Å². The summed E-state index contributed by atoms with van der Waals surface area (Å²) in [7, 11) is 0. The molecule has 72 valence electrons. The standard InChI is InChI=1S/C10H13Cl2N/c1-6-4-7(2)13-9(5-11)10(6)8(3)12/h4,8H,5H2,1-3H3. The second kappa shape index (κ2) is 4.30. The van der Waals surface area contributed by atoms with Crippen LogP contribution in [0.15, 0.2) is 6.07 Å². The zero-order chi connectivity index (χ0) is 10.0. The number of aryl methyl sites for hydroxylation is 2. The Bertz CT molecular complexity index is 308. The maximum atomic E-state index is 6.05. The molecule has 1 unspecified atom stereocenters. The Balaban J connectivity index is 3.30. The number of hydrogen-bond donors (Lipinski definition) is 0. The zero-order valence-electron chi connectivity index (χ0n) is 8.06. The number of nitrogens with zero attached hydrogens (tertiary/aromatic N) is 1. The summed E-state index contributed by atoms with van der Waals surface area (Å²) in [6.07, 6.45) is 0. The van der Waals surface area contributed by atoms with Crippen LogP contribution in [0.2, 0.25) is 0 Å². The minimum atomic E-state index is -0.0261. The van der Waals surface area contributed by atoms with Gasteiger partial charge in [-0.15, -0.1) is 23.2 Å². The molecule has 1 atom stereocenters. The lowest BCUT2D eigenvalue weighted by atomic mass is 10.0. The molecule has 0 saturated carbocycles. The normalized spacial score (nSPS) is 13.0. The molecule has 0 spiro atoms. The van der Waals surface area contributed by atoms with Gasteiger partial charge in [-0.3, -0.25) is 4.98 Å². The first-order valence-electron chi connectivity index (χ1n) is 4.23. The van der Waals surface area contributed by atoms with E-state index in [4.69, 9.17) is 23.2 Å². The van der Waals surface area contributed by atoms with Crippen LogP contribution in [0.1, 0.15) is 34.8 Å². The molecule has 0 aliphatic carbocycles. The van der Waals surface area contributed by atoms with Gasteiger partial charge in [0.05, 0.1) is 17.0 Å². The molecule has 1 aromatic rings. The van der Waals surface area contributed by atoms with E-state index in [0.29, 0.717) is 5.88 Å². The Labute approximate surface area is 89.1 Å². The van der Waals surface area contributed by atoms with Crippen LogP contribution in [0.5, 0.6) is 0 Å². The van der Waals surface area contributed by atoms with Crippen molar-refractivity contribution in [2.24, 2.45) is 0 Å². The van der Waals surface area contributed by atoms with Crippen LogP contribution in [-0.2, 0) is 5.88 Å². The van der Waals surface area contributed by atoms with Gasteiger partial charge in [0.2, 0.25) is 0 Å². The summed E-state index contributed by atoms with van der Waals surface area (Å²) in [5.41, 5.74) is 4.14. The van der Waals surface area contributed by atoms with Crippen molar-refractivity contribution in [1.82, 2.24) is 4.98 Å². The van der Waals surface area contributed by atoms with Crippen LogP contribution < -0.4 is 0 Å². The van der Waals surface area contributed by atoms with Crippen LogP contribution in [0.25, 0.3) is 0 Å². The molecule has 0 saturated heterocycles. The Morgan fingerprint density at radius 3 is 2.54 bits per heavy atom. The van der Waals surface area contributed by atoms with Crippen LogP contribution in [0.4, 0.5) is 0 Å². The van der Waals surface area contributed by atoms with Gasteiger partial charge in [0.1, 0.15) is 0 Å². The number of rotatable bonds is 2. The largest absolute Gasteiger partial charge is 0.257 e. The van der Waals surface area contributed by atoms with Crippen LogP contribution in [0, 0.1) is 13.8 Å². The molecule has 1 rings (SSSR count). The fraction of sp³-hybridized carbons (Fsp3) is 0.500. The summed E-state index contributed by atoms with van der Waals surface area (Å²) in [5.74, 6) is 0.426. The van der Waals surface area contributed by atoms with Crippen molar-refractivity contribution >= 4 is 23.2 Å². The van der Waals surface area contributed by atoms with Crippen molar-refractivity contribution in [3.05, 3.63) is 28.6 Å². The minimum absolute atomic E-state index is 0.0261. The van der Waals surface area contributed by atoms with E-state index in [0.717, 1.165) is 17.0 Å². The molecule has 0 aromatic carbocycles. The van der Waals surface area contributed by atoms with Gasteiger partial charge in [0, 0.05) is 5.69 Å². The van der Waals surface area contributed by atoms with Gasteiger partial charge >= 0.3 is 0 Å². The molecule has 13 heavy (non-hydrogen) atoms. The lowest BCUT2D eigenvalue weighted by molar-refractivity contribution is 0.961. The average Bonchev–Trinajstić information content (AvgIpc) is 2.01. The Kier molecular flexibility index (Phi) is 3.57. The molecule has 1 aromatic heterocycles. The van der Waals surface area contributed by atoms with E-state index in [-0.39, 0.29) is 5.38 Å². The summed E-state index contributed by atoms with van der Waals surface area (Å²) in [6, 6.07) is 2.03. The highest BCUT2D eigenvalue weighted by Gasteiger charge is 2.12. The first-order chi connectivity index (χ1) is 6.06. The molecule has 1 nitrogen and oxygen atoms in total. The average molecular weight is 218 g/mol. The maximum Gasteiger partial charge on any atom is 0.0650 e. The quantitative estimate of drug-likeness (QED) is 0.689. The molecular formula is C10H13Cl2N. The second-order valence-electron chi connectivity index (χ2n) is 3.19. The third-order valence-corrected chi connectivity index (χ3v) is 2.47. The minimum Gasteiger partial charge on any atom is -0.257 e. The van der Waals surface area contributed by atoms with Crippen molar-refractivity contribution < 1.29 is 0 Å². The van der Waals surface area contributed by atoms with Gasteiger partial charge in [-0.05, 0) is 38.0 Å². The summed E-state index contributed by atoms with van der Waals surface area (Å²) in [6.45, 7) is 5.95. The van der Waals surface area contributed by atoms with Gasteiger partial charge < -0.3 is 0 Å². The van der Waals surface area contributed by atoms with E-state index in [1.807, 2.05) is 26.8 Å². The van der Waals surface area contributed by atoms with Crippen molar-refractivity contribution in [3.63, 3.8) is 0 Å². The third-order valence-electron chi connectivity index (χ3n) is 2.00. The lowest BCUT2D eigenvalue weighted by Gasteiger charge is -2.12. The van der Waals surface area contributed by atoms with Gasteiger partial charge in [-0.2, -0.15) is 0 Å². The fourth-order valence-corrected chi connectivity index (χ4v) is 2.07. The van der Waals surface area contributed by atoms with E-state index in [1.54, 1.807) is 0 Å². The Morgan fingerprint density at radius 2 is 2.08 bits per heavy atom. The number of hydrogen-bond acceptors (Lipinski definition) is 1.